The normalized spacial score (nSPS) is 11.0. The zero-order valence-corrected chi connectivity index (χ0v) is 19.8. The number of aromatic nitrogens is 1. The first kappa shape index (κ1) is 21.6. The van der Waals surface area contributed by atoms with Crippen molar-refractivity contribution in [1.82, 2.24) is 4.57 Å². The van der Waals surface area contributed by atoms with E-state index in [1.165, 1.54) is 27.9 Å². The van der Waals surface area contributed by atoms with Gasteiger partial charge in [0, 0.05) is 33.4 Å². The quantitative estimate of drug-likeness (QED) is 0.243. The first-order valence-electron chi connectivity index (χ1n) is 11.0. The van der Waals surface area contributed by atoms with E-state index in [9.17, 15) is 0 Å². The molecule has 0 saturated heterocycles. The van der Waals surface area contributed by atoms with Crippen molar-refractivity contribution in [3.63, 3.8) is 0 Å². The molecule has 3 heteroatoms. The second kappa shape index (κ2) is 9.31. The fourth-order valence-electron chi connectivity index (χ4n) is 4.21. The Labute approximate surface area is 204 Å². The van der Waals surface area contributed by atoms with Gasteiger partial charge in [0.25, 0.3) is 0 Å². The Morgan fingerprint density at radius 3 is 1.85 bits per heavy atom. The Balaban J connectivity index is 1.78. The topological polar surface area (TPSA) is 4.93 Å². The Bertz CT molecular complexity index is 1360. The van der Waals surface area contributed by atoms with Gasteiger partial charge in [-0.1, -0.05) is 95.5 Å². The molecule has 0 unspecified atom stereocenters. The lowest BCUT2D eigenvalue weighted by Crippen LogP contribution is -2.04. The molecule has 0 N–H and O–H groups in total. The zero-order valence-electron chi connectivity index (χ0n) is 18.3. The SMILES string of the molecule is Cc1ccc(-c2cc(-c3ccc(Cl)cc3)n(-c3ccccc3)c2Cc2ccc(Cl)cc2)cc1. The summed E-state index contributed by atoms with van der Waals surface area (Å²) in [6, 6.07) is 37.8. The van der Waals surface area contributed by atoms with Gasteiger partial charge in [-0.05, 0) is 66.1 Å². The highest BCUT2D eigenvalue weighted by atomic mass is 35.5. The predicted octanol–water partition coefficient (Wildman–Crippen LogP) is 9.02. The van der Waals surface area contributed by atoms with Gasteiger partial charge in [-0.25, -0.2) is 0 Å². The molecule has 0 amide bonds. The van der Waals surface area contributed by atoms with Gasteiger partial charge < -0.3 is 4.57 Å². The zero-order chi connectivity index (χ0) is 22.8. The number of halogens is 2. The maximum Gasteiger partial charge on any atom is 0.0538 e. The molecule has 0 spiro atoms. The lowest BCUT2D eigenvalue weighted by molar-refractivity contribution is 0.967. The van der Waals surface area contributed by atoms with Gasteiger partial charge in [0.05, 0.1) is 5.69 Å². The predicted molar refractivity (Wildman–Crippen MR) is 141 cm³/mol. The highest BCUT2D eigenvalue weighted by Gasteiger charge is 2.19. The van der Waals surface area contributed by atoms with Crippen LogP contribution in [-0.4, -0.2) is 4.57 Å². The van der Waals surface area contributed by atoms with Crippen molar-refractivity contribution >= 4 is 23.2 Å². The van der Waals surface area contributed by atoms with Crippen LogP contribution in [0.5, 0.6) is 0 Å². The Kier molecular flexibility index (Phi) is 6.09. The molecule has 0 aliphatic carbocycles. The van der Waals surface area contributed by atoms with Crippen molar-refractivity contribution in [3.8, 4) is 28.1 Å². The fourth-order valence-corrected chi connectivity index (χ4v) is 4.46. The standard InChI is InChI=1S/C30H23Cl2N/c1-21-7-11-23(12-8-21)28-20-29(24-13-17-26(32)18-14-24)33(27-5-3-2-4-6-27)30(28)19-22-9-15-25(31)16-10-22/h2-18,20H,19H2,1H3. The Hall–Kier alpha value is -3.26. The fraction of sp³-hybridized carbons (Fsp3) is 0.0667. The number of benzene rings is 4. The number of hydrogen-bond acceptors (Lipinski definition) is 0. The summed E-state index contributed by atoms with van der Waals surface area (Å²) in [7, 11) is 0. The highest BCUT2D eigenvalue weighted by Crippen LogP contribution is 2.37. The molecule has 0 atom stereocenters. The van der Waals surface area contributed by atoms with Crippen molar-refractivity contribution in [1.29, 1.82) is 0 Å². The van der Waals surface area contributed by atoms with E-state index in [0.717, 1.165) is 33.4 Å². The first-order valence-corrected chi connectivity index (χ1v) is 11.7. The minimum absolute atomic E-state index is 0.733. The molecule has 0 aliphatic heterocycles. The van der Waals surface area contributed by atoms with Crippen LogP contribution in [0.4, 0.5) is 0 Å². The molecular formula is C30H23Cl2N. The molecule has 1 heterocycles. The monoisotopic (exact) mass is 467 g/mol. The second-order valence-corrected chi connectivity index (χ2v) is 9.11. The maximum atomic E-state index is 6.21. The van der Waals surface area contributed by atoms with Crippen LogP contribution in [0.3, 0.4) is 0 Å². The lowest BCUT2D eigenvalue weighted by Gasteiger charge is -2.16. The minimum atomic E-state index is 0.733. The van der Waals surface area contributed by atoms with Crippen LogP contribution in [0.25, 0.3) is 28.1 Å². The van der Waals surface area contributed by atoms with Crippen molar-refractivity contribution in [2.45, 2.75) is 13.3 Å². The van der Waals surface area contributed by atoms with E-state index in [4.69, 9.17) is 23.2 Å². The summed E-state index contributed by atoms with van der Waals surface area (Å²) < 4.78 is 2.37. The van der Waals surface area contributed by atoms with Crippen LogP contribution in [0, 0.1) is 6.92 Å². The highest BCUT2D eigenvalue weighted by molar-refractivity contribution is 6.30. The maximum absolute atomic E-state index is 6.21. The molecule has 5 aromatic rings. The van der Waals surface area contributed by atoms with Crippen LogP contribution in [-0.2, 0) is 6.42 Å². The van der Waals surface area contributed by atoms with Crippen molar-refractivity contribution in [3.05, 3.63) is 136 Å². The smallest absolute Gasteiger partial charge is 0.0538 e. The van der Waals surface area contributed by atoms with E-state index >= 15 is 0 Å². The van der Waals surface area contributed by atoms with E-state index in [1.807, 2.05) is 24.3 Å². The molecule has 33 heavy (non-hydrogen) atoms. The lowest BCUT2D eigenvalue weighted by atomic mass is 10.00. The number of rotatable bonds is 5. The molecule has 0 saturated carbocycles. The van der Waals surface area contributed by atoms with Gasteiger partial charge in [0.1, 0.15) is 0 Å². The van der Waals surface area contributed by atoms with Crippen molar-refractivity contribution < 1.29 is 0 Å². The Morgan fingerprint density at radius 1 is 0.636 bits per heavy atom. The summed E-state index contributed by atoms with van der Waals surface area (Å²) in [6.07, 6.45) is 0.781. The number of nitrogens with zero attached hydrogens (tertiary/aromatic N) is 1. The van der Waals surface area contributed by atoms with Crippen LogP contribution < -0.4 is 0 Å². The van der Waals surface area contributed by atoms with Crippen LogP contribution in [0.15, 0.2) is 109 Å². The van der Waals surface area contributed by atoms with Gasteiger partial charge in [-0.2, -0.15) is 0 Å². The summed E-state index contributed by atoms with van der Waals surface area (Å²) in [5, 5.41) is 1.48. The summed E-state index contributed by atoms with van der Waals surface area (Å²) in [4.78, 5) is 0. The summed E-state index contributed by atoms with van der Waals surface area (Å²) in [6.45, 7) is 2.12. The average molecular weight is 468 g/mol. The van der Waals surface area contributed by atoms with Crippen molar-refractivity contribution in [2.24, 2.45) is 0 Å². The third-order valence-electron chi connectivity index (χ3n) is 5.90. The Morgan fingerprint density at radius 2 is 1.21 bits per heavy atom. The third kappa shape index (κ3) is 4.61. The molecule has 1 aromatic heterocycles. The van der Waals surface area contributed by atoms with Crippen LogP contribution in [0.2, 0.25) is 10.0 Å². The van der Waals surface area contributed by atoms with E-state index in [1.54, 1.807) is 0 Å². The number of hydrogen-bond donors (Lipinski definition) is 0. The molecule has 0 radical (unpaired) electrons. The largest absolute Gasteiger partial charge is 0.313 e. The first-order chi connectivity index (χ1) is 16.1. The van der Waals surface area contributed by atoms with E-state index < -0.39 is 0 Å². The molecule has 0 bridgehead atoms. The molecule has 5 rings (SSSR count). The van der Waals surface area contributed by atoms with E-state index in [0.29, 0.717) is 0 Å². The molecule has 4 aromatic carbocycles. The third-order valence-corrected chi connectivity index (χ3v) is 6.41. The molecule has 1 nitrogen and oxygen atoms in total. The van der Waals surface area contributed by atoms with Gasteiger partial charge in [0.2, 0.25) is 0 Å². The number of para-hydroxylation sites is 1. The molecule has 162 valence electrons. The number of aryl methyl sites for hydroxylation is 1. The minimum Gasteiger partial charge on any atom is -0.313 e. The van der Waals surface area contributed by atoms with Gasteiger partial charge in [-0.3, -0.25) is 0 Å². The average Bonchev–Trinajstić information content (AvgIpc) is 3.21. The van der Waals surface area contributed by atoms with Crippen molar-refractivity contribution in [2.75, 3.05) is 0 Å². The molecular weight excluding hydrogens is 445 g/mol. The van der Waals surface area contributed by atoms with Gasteiger partial charge >= 0.3 is 0 Å². The van der Waals surface area contributed by atoms with E-state index in [2.05, 4.69) is 96.4 Å². The van der Waals surface area contributed by atoms with Gasteiger partial charge in [0.15, 0.2) is 0 Å². The second-order valence-electron chi connectivity index (χ2n) is 8.24. The molecule has 0 aliphatic rings. The van der Waals surface area contributed by atoms with Gasteiger partial charge in [-0.15, -0.1) is 0 Å². The van der Waals surface area contributed by atoms with Crippen LogP contribution in [0.1, 0.15) is 16.8 Å². The summed E-state index contributed by atoms with van der Waals surface area (Å²) in [5.74, 6) is 0. The van der Waals surface area contributed by atoms with E-state index in [-0.39, 0.29) is 0 Å². The van der Waals surface area contributed by atoms with Crippen LogP contribution >= 0.6 is 23.2 Å². The molecule has 0 fully saturated rings. The summed E-state index contributed by atoms with van der Waals surface area (Å²) in [5.41, 5.74) is 9.51. The summed E-state index contributed by atoms with van der Waals surface area (Å²) >= 11 is 12.4.